The zero-order chi connectivity index (χ0) is 21.1. The summed E-state index contributed by atoms with van der Waals surface area (Å²) in [4.78, 5) is 18.9. The number of rotatable bonds is 6. The molecule has 1 aliphatic heterocycles. The number of ether oxygens (including phenoxy) is 1. The van der Waals surface area contributed by atoms with E-state index in [2.05, 4.69) is 25.4 Å². The lowest BCUT2D eigenvalue weighted by Gasteiger charge is -2.27. The molecule has 1 saturated heterocycles. The Balaban J connectivity index is 1.34. The van der Waals surface area contributed by atoms with Crippen LogP contribution < -0.4 is 10.2 Å². The number of carbonyl (C=O) groups excluding carboxylic acids is 1. The Morgan fingerprint density at radius 2 is 2.07 bits per heavy atom. The third-order valence-corrected chi connectivity index (χ3v) is 6.92. The molecule has 3 heterocycles. The van der Waals surface area contributed by atoms with E-state index < -0.39 is 0 Å². The zero-order valence-corrected chi connectivity index (χ0v) is 19.1. The van der Waals surface area contributed by atoms with Crippen molar-refractivity contribution in [1.82, 2.24) is 19.7 Å². The van der Waals surface area contributed by atoms with Crippen molar-refractivity contribution < 1.29 is 9.53 Å². The third-order valence-electron chi connectivity index (χ3n) is 4.40. The van der Waals surface area contributed by atoms with E-state index in [1.165, 1.54) is 23.1 Å². The van der Waals surface area contributed by atoms with E-state index in [9.17, 15) is 4.79 Å². The first-order valence-corrected chi connectivity index (χ1v) is 11.7. The average molecular weight is 485 g/mol. The van der Waals surface area contributed by atoms with Gasteiger partial charge < -0.3 is 15.0 Å². The van der Waals surface area contributed by atoms with Crippen molar-refractivity contribution in [2.45, 2.75) is 5.16 Å². The molecule has 1 amide bonds. The van der Waals surface area contributed by atoms with Crippen LogP contribution in [-0.2, 0) is 16.6 Å². The van der Waals surface area contributed by atoms with Crippen LogP contribution in [-0.4, -0.2) is 57.7 Å². The maximum Gasteiger partial charge on any atom is 0.236 e. The predicted octanol–water partition coefficient (Wildman–Crippen LogP) is 3.81. The molecule has 2 aromatic heterocycles. The monoisotopic (exact) mass is 484 g/mol. The Bertz CT molecular complexity index is 1050. The average Bonchev–Trinajstić information content (AvgIpc) is 3.36. The highest BCUT2D eigenvalue weighted by molar-refractivity contribution is 7.99. The quantitative estimate of drug-likeness (QED) is 0.532. The first kappa shape index (κ1) is 21.4. The number of carbonyl (C=O) groups is 1. The molecule has 0 atom stereocenters. The van der Waals surface area contributed by atoms with Crippen LogP contribution in [0.2, 0.25) is 10.0 Å². The molecule has 4 rings (SSSR count). The van der Waals surface area contributed by atoms with Crippen molar-refractivity contribution in [3.63, 3.8) is 0 Å². The fourth-order valence-corrected chi connectivity index (χ4v) is 4.62. The van der Waals surface area contributed by atoms with Crippen LogP contribution in [0.5, 0.6) is 0 Å². The number of hydrogen-bond donors (Lipinski definition) is 1. The molecule has 0 aliphatic carbocycles. The number of halogens is 2. The smallest absolute Gasteiger partial charge is 0.236 e. The molecule has 1 aromatic carbocycles. The van der Waals surface area contributed by atoms with E-state index in [-0.39, 0.29) is 11.7 Å². The van der Waals surface area contributed by atoms with E-state index >= 15 is 0 Å². The summed E-state index contributed by atoms with van der Waals surface area (Å²) in [5, 5.41) is 15.3. The molecule has 1 fully saturated rings. The Morgan fingerprint density at radius 3 is 2.83 bits per heavy atom. The van der Waals surface area contributed by atoms with Crippen LogP contribution in [0.4, 0.5) is 11.1 Å². The van der Waals surface area contributed by atoms with Gasteiger partial charge in [0.25, 0.3) is 0 Å². The standard InChI is InChI=1S/C18H18Cl2N6O2S2/c1-25-17(26-4-6-28-7-5-26)23-24-18(25)30-10-15(27)22-16-21-14(9-29-16)11-2-3-12(19)13(20)8-11/h2-3,8-9H,4-7,10H2,1H3,(H,21,22,27). The molecule has 0 radical (unpaired) electrons. The van der Waals surface area contributed by atoms with Gasteiger partial charge in [0.15, 0.2) is 10.3 Å². The Kier molecular flexibility index (Phi) is 6.79. The lowest BCUT2D eigenvalue weighted by molar-refractivity contribution is -0.113. The second-order valence-electron chi connectivity index (χ2n) is 6.44. The van der Waals surface area contributed by atoms with Crippen LogP contribution in [0.3, 0.4) is 0 Å². The summed E-state index contributed by atoms with van der Waals surface area (Å²) in [5.41, 5.74) is 1.57. The molecule has 1 aliphatic rings. The summed E-state index contributed by atoms with van der Waals surface area (Å²) in [6.07, 6.45) is 0. The first-order valence-electron chi connectivity index (χ1n) is 9.07. The highest BCUT2D eigenvalue weighted by atomic mass is 35.5. The summed E-state index contributed by atoms with van der Waals surface area (Å²) in [6, 6.07) is 5.31. The van der Waals surface area contributed by atoms with E-state index in [0.29, 0.717) is 33.5 Å². The summed E-state index contributed by atoms with van der Waals surface area (Å²) in [7, 11) is 1.90. The summed E-state index contributed by atoms with van der Waals surface area (Å²) in [6.45, 7) is 2.91. The minimum absolute atomic E-state index is 0.161. The number of thiazole rings is 1. The normalized spacial score (nSPS) is 14.2. The van der Waals surface area contributed by atoms with Gasteiger partial charge in [0.1, 0.15) is 0 Å². The van der Waals surface area contributed by atoms with E-state index in [1.54, 1.807) is 12.1 Å². The van der Waals surface area contributed by atoms with Gasteiger partial charge in [-0.1, -0.05) is 41.0 Å². The molecule has 3 aromatic rings. The fourth-order valence-electron chi connectivity index (χ4n) is 2.88. The zero-order valence-electron chi connectivity index (χ0n) is 16.0. The van der Waals surface area contributed by atoms with Crippen molar-refractivity contribution in [1.29, 1.82) is 0 Å². The molecule has 30 heavy (non-hydrogen) atoms. The Morgan fingerprint density at radius 1 is 1.27 bits per heavy atom. The minimum Gasteiger partial charge on any atom is -0.378 e. The number of amides is 1. The number of aromatic nitrogens is 4. The van der Waals surface area contributed by atoms with Crippen molar-refractivity contribution >= 4 is 63.3 Å². The number of nitrogens with zero attached hydrogens (tertiary/aromatic N) is 5. The van der Waals surface area contributed by atoms with Crippen molar-refractivity contribution in [2.75, 3.05) is 42.3 Å². The first-order chi connectivity index (χ1) is 14.5. The van der Waals surface area contributed by atoms with Gasteiger partial charge in [-0.05, 0) is 12.1 Å². The molecule has 0 bridgehead atoms. The molecule has 1 N–H and O–H groups in total. The number of benzene rings is 1. The number of nitrogens with one attached hydrogen (secondary N) is 1. The predicted molar refractivity (Wildman–Crippen MR) is 121 cm³/mol. The van der Waals surface area contributed by atoms with Crippen molar-refractivity contribution in [3.05, 3.63) is 33.6 Å². The van der Waals surface area contributed by atoms with Gasteiger partial charge in [0.05, 0.1) is 34.7 Å². The lowest BCUT2D eigenvalue weighted by atomic mass is 10.2. The van der Waals surface area contributed by atoms with E-state index in [1.807, 2.05) is 23.1 Å². The molecule has 0 unspecified atom stereocenters. The maximum absolute atomic E-state index is 12.4. The van der Waals surface area contributed by atoms with Gasteiger partial charge in [-0.15, -0.1) is 21.5 Å². The van der Waals surface area contributed by atoms with Gasteiger partial charge in [-0.2, -0.15) is 0 Å². The van der Waals surface area contributed by atoms with Crippen LogP contribution in [0.25, 0.3) is 11.3 Å². The highest BCUT2D eigenvalue weighted by Crippen LogP contribution is 2.30. The largest absolute Gasteiger partial charge is 0.378 e. The van der Waals surface area contributed by atoms with E-state index in [4.69, 9.17) is 27.9 Å². The van der Waals surface area contributed by atoms with Crippen LogP contribution in [0.1, 0.15) is 0 Å². The fraction of sp³-hybridized carbons (Fsp3) is 0.333. The van der Waals surface area contributed by atoms with Gasteiger partial charge in [-0.25, -0.2) is 4.98 Å². The number of thioether (sulfide) groups is 1. The number of morpholine rings is 1. The van der Waals surface area contributed by atoms with Crippen LogP contribution >= 0.6 is 46.3 Å². The topological polar surface area (TPSA) is 85.2 Å². The molecule has 8 nitrogen and oxygen atoms in total. The van der Waals surface area contributed by atoms with Crippen LogP contribution in [0.15, 0.2) is 28.7 Å². The van der Waals surface area contributed by atoms with Gasteiger partial charge in [0.2, 0.25) is 11.9 Å². The van der Waals surface area contributed by atoms with Crippen LogP contribution in [0, 0.1) is 0 Å². The maximum atomic E-state index is 12.4. The van der Waals surface area contributed by atoms with Crippen molar-refractivity contribution in [2.24, 2.45) is 7.05 Å². The SMILES string of the molecule is Cn1c(SCC(=O)Nc2nc(-c3ccc(Cl)c(Cl)c3)cs2)nnc1N1CCOCC1. The minimum atomic E-state index is -0.161. The highest BCUT2D eigenvalue weighted by Gasteiger charge is 2.19. The summed E-state index contributed by atoms with van der Waals surface area (Å²) >= 11 is 14.7. The van der Waals surface area contributed by atoms with Gasteiger partial charge in [0, 0.05) is 31.1 Å². The molecule has 158 valence electrons. The Hall–Kier alpha value is -1.85. The Labute approximate surface area is 191 Å². The molecular weight excluding hydrogens is 467 g/mol. The molecular formula is C18H18Cl2N6O2S2. The second kappa shape index (κ2) is 9.52. The summed E-state index contributed by atoms with van der Waals surface area (Å²) < 4.78 is 7.27. The van der Waals surface area contributed by atoms with E-state index in [0.717, 1.165) is 30.3 Å². The summed E-state index contributed by atoms with van der Waals surface area (Å²) in [5.74, 6) is 0.829. The molecule has 0 saturated carbocycles. The number of anilines is 2. The van der Waals surface area contributed by atoms with Gasteiger partial charge in [-0.3, -0.25) is 9.36 Å². The molecule has 12 heteroatoms. The lowest BCUT2D eigenvalue weighted by Crippen LogP contribution is -2.37. The third kappa shape index (κ3) is 4.89. The number of hydrogen-bond acceptors (Lipinski definition) is 8. The van der Waals surface area contributed by atoms with Gasteiger partial charge >= 0.3 is 0 Å². The second-order valence-corrected chi connectivity index (χ2v) is 9.06. The van der Waals surface area contributed by atoms with Crippen molar-refractivity contribution in [3.8, 4) is 11.3 Å². The molecule has 0 spiro atoms.